The highest BCUT2D eigenvalue weighted by atomic mass is 16.5. The summed E-state index contributed by atoms with van der Waals surface area (Å²) in [5, 5.41) is 11.2. The number of amides is 1. The molecule has 1 N–H and O–H groups in total. The zero-order chi connectivity index (χ0) is 26.3. The third-order valence-electron chi connectivity index (χ3n) is 8.57. The second-order valence-corrected chi connectivity index (χ2v) is 11.2. The number of aliphatic hydroxyl groups is 1. The van der Waals surface area contributed by atoms with Crippen LogP contribution >= 0.6 is 0 Å². The molecule has 0 spiro atoms. The monoisotopic (exact) mass is 489 g/mol. The number of carbonyl (C=O) groups excluding carboxylic acids is 4. The number of hydrogen-bond donors (Lipinski definition) is 1. The topological polar surface area (TPSA) is 110 Å². The van der Waals surface area contributed by atoms with Gasteiger partial charge in [0, 0.05) is 44.2 Å². The lowest BCUT2D eigenvalue weighted by molar-refractivity contribution is -0.179. The van der Waals surface area contributed by atoms with E-state index in [1.54, 1.807) is 7.05 Å². The SMILES string of the molecule is CC(=O)O[C@H]1CC[C@@]2(C)C3=CC/C(=C\C(=O)OCCN(C)C(C)=O)[C@@H](C)[C@@H]3[C@@H](O)C(=O)[C@@H]2C1(C)C. The van der Waals surface area contributed by atoms with Gasteiger partial charge < -0.3 is 19.5 Å². The minimum atomic E-state index is -1.20. The Morgan fingerprint density at radius 1 is 1.23 bits per heavy atom. The number of hydrogen-bond acceptors (Lipinski definition) is 7. The lowest BCUT2D eigenvalue weighted by Gasteiger charge is -2.60. The first kappa shape index (κ1) is 27.1. The van der Waals surface area contributed by atoms with Crippen molar-refractivity contribution >= 4 is 23.6 Å². The number of ketones is 1. The van der Waals surface area contributed by atoms with Gasteiger partial charge in [-0.3, -0.25) is 14.4 Å². The van der Waals surface area contributed by atoms with Crippen molar-refractivity contribution in [2.45, 2.75) is 73.0 Å². The van der Waals surface area contributed by atoms with Gasteiger partial charge in [0.1, 0.15) is 18.8 Å². The summed E-state index contributed by atoms with van der Waals surface area (Å²) in [7, 11) is 1.64. The van der Waals surface area contributed by atoms with Crippen LogP contribution in [-0.2, 0) is 28.7 Å². The van der Waals surface area contributed by atoms with Crippen molar-refractivity contribution in [2.75, 3.05) is 20.2 Å². The molecule has 0 aromatic carbocycles. The molecule has 0 saturated heterocycles. The van der Waals surface area contributed by atoms with E-state index >= 15 is 0 Å². The summed E-state index contributed by atoms with van der Waals surface area (Å²) >= 11 is 0. The van der Waals surface area contributed by atoms with Gasteiger partial charge in [-0.25, -0.2) is 4.79 Å². The van der Waals surface area contributed by atoms with Gasteiger partial charge in [0.25, 0.3) is 0 Å². The van der Waals surface area contributed by atoms with Gasteiger partial charge in [0.2, 0.25) is 5.91 Å². The van der Waals surface area contributed by atoms with E-state index in [2.05, 4.69) is 13.0 Å². The molecular formula is C27H39NO7. The fourth-order valence-corrected chi connectivity index (χ4v) is 6.64. The first-order valence-electron chi connectivity index (χ1n) is 12.4. The molecule has 2 saturated carbocycles. The Morgan fingerprint density at radius 2 is 1.89 bits per heavy atom. The van der Waals surface area contributed by atoms with E-state index in [4.69, 9.17) is 9.47 Å². The van der Waals surface area contributed by atoms with Crippen molar-refractivity contribution < 1.29 is 33.8 Å². The van der Waals surface area contributed by atoms with E-state index in [0.29, 0.717) is 25.8 Å². The van der Waals surface area contributed by atoms with Crippen LogP contribution in [0, 0.1) is 28.6 Å². The number of rotatable bonds is 5. The van der Waals surface area contributed by atoms with Crippen LogP contribution < -0.4 is 0 Å². The number of likely N-dealkylation sites (N-methyl/N-ethyl adjacent to an activating group) is 1. The molecule has 8 heteroatoms. The summed E-state index contributed by atoms with van der Waals surface area (Å²) in [6.07, 6.45) is 3.79. The maximum absolute atomic E-state index is 13.6. The van der Waals surface area contributed by atoms with Crippen molar-refractivity contribution in [3.63, 3.8) is 0 Å². The Bertz CT molecular complexity index is 965. The van der Waals surface area contributed by atoms with E-state index in [9.17, 15) is 24.3 Å². The Morgan fingerprint density at radius 3 is 2.49 bits per heavy atom. The highest BCUT2D eigenvalue weighted by Crippen LogP contribution is 2.62. The third-order valence-corrected chi connectivity index (χ3v) is 8.57. The predicted octanol–water partition coefficient (Wildman–Crippen LogP) is 2.83. The number of fused-ring (bicyclic) bond motifs is 3. The average molecular weight is 490 g/mol. The number of allylic oxidation sites excluding steroid dienone is 2. The van der Waals surface area contributed by atoms with Gasteiger partial charge in [-0.2, -0.15) is 0 Å². The highest BCUT2D eigenvalue weighted by Gasteiger charge is 2.63. The van der Waals surface area contributed by atoms with E-state index in [1.165, 1.54) is 24.8 Å². The Hall–Kier alpha value is -2.48. The maximum Gasteiger partial charge on any atom is 0.330 e. The van der Waals surface area contributed by atoms with Crippen LogP contribution in [0.2, 0.25) is 0 Å². The van der Waals surface area contributed by atoms with E-state index in [1.807, 2.05) is 20.8 Å². The van der Waals surface area contributed by atoms with Crippen molar-refractivity contribution in [2.24, 2.45) is 28.6 Å². The van der Waals surface area contributed by atoms with Crippen LogP contribution in [0.1, 0.15) is 60.8 Å². The molecule has 0 bridgehead atoms. The molecule has 0 aromatic heterocycles. The van der Waals surface area contributed by atoms with Crippen LogP contribution in [-0.4, -0.2) is 66.0 Å². The number of esters is 2. The molecule has 0 radical (unpaired) electrons. The molecular weight excluding hydrogens is 450 g/mol. The van der Waals surface area contributed by atoms with Crippen molar-refractivity contribution in [3.8, 4) is 0 Å². The molecule has 35 heavy (non-hydrogen) atoms. The molecule has 0 aliphatic heterocycles. The standard InChI is InChI=1S/C27H39NO7/c1-15-18(14-21(31)34-13-12-28(7)16(2)29)8-9-19-22(15)23(32)24(33)25-26(4,5)20(35-17(3)30)10-11-27(19,25)6/h9,14-15,20,22-23,25,32H,8,10-13H2,1-7H3/b18-14+/t15-,20+,22+,23-,25-,27+/m1/s1. The summed E-state index contributed by atoms with van der Waals surface area (Å²) in [6, 6.07) is 0. The second-order valence-electron chi connectivity index (χ2n) is 11.2. The quantitative estimate of drug-likeness (QED) is 0.359. The maximum atomic E-state index is 13.6. The molecule has 2 fully saturated rings. The van der Waals surface area contributed by atoms with Crippen molar-refractivity contribution in [3.05, 3.63) is 23.3 Å². The average Bonchev–Trinajstić information content (AvgIpc) is 2.75. The van der Waals surface area contributed by atoms with Crippen LogP contribution in [0.4, 0.5) is 0 Å². The van der Waals surface area contributed by atoms with Crippen LogP contribution in [0.3, 0.4) is 0 Å². The van der Waals surface area contributed by atoms with Gasteiger partial charge in [-0.1, -0.05) is 44.9 Å². The Labute approximate surface area is 207 Å². The number of aliphatic hydroxyl groups excluding tert-OH is 1. The van der Waals surface area contributed by atoms with Crippen molar-refractivity contribution in [1.82, 2.24) is 4.90 Å². The fraction of sp³-hybridized carbons (Fsp3) is 0.704. The van der Waals surface area contributed by atoms with Crippen LogP contribution in [0.5, 0.6) is 0 Å². The molecule has 8 nitrogen and oxygen atoms in total. The molecule has 0 unspecified atom stereocenters. The van der Waals surface area contributed by atoms with Crippen LogP contribution in [0.15, 0.2) is 23.3 Å². The number of ether oxygens (including phenoxy) is 2. The second kappa shape index (κ2) is 9.88. The predicted molar refractivity (Wildman–Crippen MR) is 129 cm³/mol. The molecule has 3 rings (SSSR count). The summed E-state index contributed by atoms with van der Waals surface area (Å²) in [5.41, 5.74) is 0.785. The molecule has 3 aliphatic rings. The molecule has 194 valence electrons. The Kier molecular flexibility index (Phi) is 7.65. The van der Waals surface area contributed by atoms with Gasteiger partial charge in [0.05, 0.1) is 6.54 Å². The zero-order valence-corrected chi connectivity index (χ0v) is 21.9. The normalized spacial score (nSPS) is 34.9. The molecule has 0 heterocycles. The zero-order valence-electron chi connectivity index (χ0n) is 21.9. The minimum Gasteiger partial charge on any atom is -0.462 e. The van der Waals surface area contributed by atoms with Gasteiger partial charge in [-0.05, 0) is 30.6 Å². The number of Topliss-reactive ketones (excluding diaryl/α,β-unsaturated/α-hetero) is 1. The molecule has 1 amide bonds. The van der Waals surface area contributed by atoms with E-state index in [0.717, 1.165) is 11.1 Å². The minimum absolute atomic E-state index is 0.0943. The lowest BCUT2D eigenvalue weighted by Crippen LogP contribution is -2.63. The third kappa shape index (κ3) is 4.95. The molecule has 6 atom stereocenters. The summed E-state index contributed by atoms with van der Waals surface area (Å²) < 4.78 is 10.9. The largest absolute Gasteiger partial charge is 0.462 e. The fourth-order valence-electron chi connectivity index (χ4n) is 6.64. The van der Waals surface area contributed by atoms with E-state index in [-0.39, 0.29) is 36.3 Å². The number of nitrogens with zero attached hydrogens (tertiary/aromatic N) is 1. The Balaban J connectivity index is 1.85. The van der Waals surface area contributed by atoms with E-state index < -0.39 is 34.7 Å². The van der Waals surface area contributed by atoms with Gasteiger partial charge in [-0.15, -0.1) is 0 Å². The molecule has 0 aromatic rings. The van der Waals surface area contributed by atoms with Gasteiger partial charge >= 0.3 is 11.9 Å². The molecule has 3 aliphatic carbocycles. The van der Waals surface area contributed by atoms with Gasteiger partial charge in [0.15, 0.2) is 5.78 Å². The number of carbonyl (C=O) groups is 4. The highest BCUT2D eigenvalue weighted by molar-refractivity contribution is 5.90. The first-order chi connectivity index (χ1) is 16.2. The first-order valence-corrected chi connectivity index (χ1v) is 12.4. The summed E-state index contributed by atoms with van der Waals surface area (Å²) in [6.45, 7) is 11.2. The smallest absolute Gasteiger partial charge is 0.330 e. The van der Waals surface area contributed by atoms with Crippen LogP contribution in [0.25, 0.3) is 0 Å². The van der Waals surface area contributed by atoms with Crippen molar-refractivity contribution in [1.29, 1.82) is 0 Å². The summed E-state index contributed by atoms with van der Waals surface area (Å²) in [5.74, 6) is -2.30. The summed E-state index contributed by atoms with van der Waals surface area (Å²) in [4.78, 5) is 50.5. The lowest BCUT2D eigenvalue weighted by atomic mass is 9.44.